The number of nitrogens with one attached hydrogen (secondary N) is 1. The monoisotopic (exact) mass is 309 g/mol. The first-order chi connectivity index (χ1) is 10.6. The third-order valence-corrected chi connectivity index (χ3v) is 5.80. The number of carbonyl (C=O) groups excluding carboxylic acids is 1. The molecule has 1 saturated carbocycles. The highest BCUT2D eigenvalue weighted by Gasteiger charge is 2.41. The molecule has 5 heteroatoms. The zero-order valence-electron chi connectivity index (χ0n) is 14.1. The first-order valence-electron chi connectivity index (χ1n) is 9.05. The van der Waals surface area contributed by atoms with E-state index in [1.807, 2.05) is 4.90 Å². The van der Waals surface area contributed by atoms with Crippen LogP contribution in [0, 0.1) is 0 Å². The number of ether oxygens (including phenoxy) is 1. The Balaban J connectivity index is 1.51. The Bertz CT molecular complexity index is 395. The van der Waals surface area contributed by atoms with E-state index >= 15 is 0 Å². The van der Waals surface area contributed by atoms with E-state index in [9.17, 15) is 4.79 Å². The lowest BCUT2D eigenvalue weighted by Gasteiger charge is -2.42. The van der Waals surface area contributed by atoms with Crippen LogP contribution < -0.4 is 5.32 Å². The van der Waals surface area contributed by atoms with Crippen molar-refractivity contribution in [3.63, 3.8) is 0 Å². The van der Waals surface area contributed by atoms with Crippen molar-refractivity contribution in [1.29, 1.82) is 0 Å². The molecule has 0 radical (unpaired) electrons. The molecule has 0 aromatic heterocycles. The molecule has 0 aromatic carbocycles. The topological polar surface area (TPSA) is 44.8 Å². The fourth-order valence-electron chi connectivity index (χ4n) is 4.43. The van der Waals surface area contributed by atoms with Crippen LogP contribution in [0.1, 0.15) is 52.4 Å². The Morgan fingerprint density at radius 1 is 1.32 bits per heavy atom. The summed E-state index contributed by atoms with van der Waals surface area (Å²) in [6.45, 7) is 8.88. The molecule has 2 saturated heterocycles. The fraction of sp³-hybridized carbons (Fsp3) is 0.941. The van der Waals surface area contributed by atoms with Gasteiger partial charge in [-0.2, -0.15) is 0 Å². The van der Waals surface area contributed by atoms with Crippen molar-refractivity contribution in [1.82, 2.24) is 15.1 Å². The number of amides is 2. The molecule has 1 N–H and O–H groups in total. The van der Waals surface area contributed by atoms with E-state index in [0.29, 0.717) is 18.7 Å². The predicted octanol–water partition coefficient (Wildman–Crippen LogP) is 2.21. The highest BCUT2D eigenvalue weighted by Crippen LogP contribution is 2.35. The van der Waals surface area contributed by atoms with Gasteiger partial charge in [0.2, 0.25) is 0 Å². The number of rotatable bonds is 2. The summed E-state index contributed by atoms with van der Waals surface area (Å²) < 4.78 is 6.01. The van der Waals surface area contributed by atoms with Crippen molar-refractivity contribution in [2.24, 2.45) is 0 Å². The first-order valence-corrected chi connectivity index (χ1v) is 9.05. The Kier molecular flexibility index (Phi) is 4.93. The number of morpholine rings is 1. The third kappa shape index (κ3) is 3.40. The van der Waals surface area contributed by atoms with Gasteiger partial charge in [0.05, 0.1) is 18.8 Å². The van der Waals surface area contributed by atoms with E-state index in [1.54, 1.807) is 0 Å². The van der Waals surface area contributed by atoms with Crippen LogP contribution in [0.15, 0.2) is 0 Å². The molecule has 0 unspecified atom stereocenters. The van der Waals surface area contributed by atoms with Gasteiger partial charge in [0.25, 0.3) is 0 Å². The molecule has 3 fully saturated rings. The summed E-state index contributed by atoms with van der Waals surface area (Å²) in [6, 6.07) is 1.01. The molecule has 2 amide bonds. The normalized spacial score (nSPS) is 32.4. The zero-order valence-corrected chi connectivity index (χ0v) is 14.1. The summed E-state index contributed by atoms with van der Waals surface area (Å²) in [6.07, 6.45) is 6.84. The molecule has 1 aliphatic carbocycles. The molecule has 2 atom stereocenters. The number of hydrogen-bond donors (Lipinski definition) is 1. The maximum Gasteiger partial charge on any atom is 0.317 e. The molecule has 0 aromatic rings. The molecule has 5 nitrogen and oxygen atoms in total. The Morgan fingerprint density at radius 2 is 2.09 bits per heavy atom. The number of likely N-dealkylation sites (tertiary alicyclic amines) is 1. The number of hydrogen-bond acceptors (Lipinski definition) is 3. The molecule has 2 heterocycles. The van der Waals surface area contributed by atoms with E-state index in [0.717, 1.165) is 51.9 Å². The Labute approximate surface area is 134 Å². The van der Waals surface area contributed by atoms with E-state index in [2.05, 4.69) is 24.1 Å². The highest BCUT2D eigenvalue weighted by atomic mass is 16.5. The second-order valence-electron chi connectivity index (χ2n) is 7.31. The quantitative estimate of drug-likeness (QED) is 0.850. The molecule has 126 valence electrons. The zero-order chi connectivity index (χ0) is 15.6. The van der Waals surface area contributed by atoms with Gasteiger partial charge in [0.15, 0.2) is 0 Å². The molecule has 1 spiro atoms. The van der Waals surface area contributed by atoms with Crippen molar-refractivity contribution < 1.29 is 9.53 Å². The van der Waals surface area contributed by atoms with Crippen LogP contribution in [0.2, 0.25) is 0 Å². The van der Waals surface area contributed by atoms with Gasteiger partial charge in [-0.25, -0.2) is 4.79 Å². The predicted molar refractivity (Wildman–Crippen MR) is 87.0 cm³/mol. The van der Waals surface area contributed by atoms with Crippen LogP contribution >= 0.6 is 0 Å². The average Bonchev–Trinajstić information content (AvgIpc) is 2.95. The van der Waals surface area contributed by atoms with Gasteiger partial charge in [0, 0.05) is 25.2 Å². The summed E-state index contributed by atoms with van der Waals surface area (Å²) in [5.41, 5.74) is -0.0333. The molecule has 0 bridgehead atoms. The summed E-state index contributed by atoms with van der Waals surface area (Å²) in [5, 5.41) is 3.27. The standard InChI is InChI=1S/C17H31N3O2/c1-3-19-9-6-15(12-14(19)2)18-16(21)20-10-11-22-17(13-20)7-4-5-8-17/h14-15H,3-13H2,1-2H3,(H,18,21)/t14-,15+/m1/s1. The lowest BCUT2D eigenvalue weighted by Crippen LogP contribution is -2.57. The van der Waals surface area contributed by atoms with Crippen LogP contribution in [-0.2, 0) is 4.74 Å². The highest BCUT2D eigenvalue weighted by molar-refractivity contribution is 5.74. The summed E-state index contributed by atoms with van der Waals surface area (Å²) in [5.74, 6) is 0. The SMILES string of the molecule is CCN1CC[C@H](NC(=O)N2CCOC3(CCCC3)C2)C[C@H]1C. The smallest absolute Gasteiger partial charge is 0.317 e. The van der Waals surface area contributed by atoms with E-state index < -0.39 is 0 Å². The van der Waals surface area contributed by atoms with Gasteiger partial charge in [-0.15, -0.1) is 0 Å². The van der Waals surface area contributed by atoms with Crippen molar-refractivity contribution in [2.75, 3.05) is 32.8 Å². The summed E-state index contributed by atoms with van der Waals surface area (Å²) in [4.78, 5) is 17.1. The van der Waals surface area contributed by atoms with Crippen molar-refractivity contribution >= 4 is 6.03 Å². The van der Waals surface area contributed by atoms with Crippen molar-refractivity contribution in [3.8, 4) is 0 Å². The number of piperidine rings is 1. The lowest BCUT2D eigenvalue weighted by molar-refractivity contribution is -0.0928. The van der Waals surface area contributed by atoms with Crippen LogP contribution in [0.3, 0.4) is 0 Å². The molecule has 22 heavy (non-hydrogen) atoms. The van der Waals surface area contributed by atoms with E-state index in [1.165, 1.54) is 12.8 Å². The minimum Gasteiger partial charge on any atom is -0.371 e. The minimum atomic E-state index is -0.0333. The summed E-state index contributed by atoms with van der Waals surface area (Å²) >= 11 is 0. The van der Waals surface area contributed by atoms with Crippen LogP contribution in [0.4, 0.5) is 4.79 Å². The van der Waals surface area contributed by atoms with Gasteiger partial charge in [0.1, 0.15) is 0 Å². The van der Waals surface area contributed by atoms with E-state index in [4.69, 9.17) is 4.74 Å². The number of urea groups is 1. The van der Waals surface area contributed by atoms with Gasteiger partial charge < -0.3 is 19.9 Å². The van der Waals surface area contributed by atoms with Gasteiger partial charge in [-0.3, -0.25) is 0 Å². The van der Waals surface area contributed by atoms with Crippen molar-refractivity contribution in [2.45, 2.75) is 70.1 Å². The van der Waals surface area contributed by atoms with Crippen LogP contribution in [0.25, 0.3) is 0 Å². The Morgan fingerprint density at radius 3 is 2.77 bits per heavy atom. The minimum absolute atomic E-state index is 0.0333. The summed E-state index contributed by atoms with van der Waals surface area (Å²) in [7, 11) is 0. The molecule has 2 aliphatic heterocycles. The lowest BCUT2D eigenvalue weighted by atomic mass is 9.98. The first kappa shape index (κ1) is 16.1. The fourth-order valence-corrected chi connectivity index (χ4v) is 4.43. The average molecular weight is 309 g/mol. The maximum atomic E-state index is 12.6. The molecule has 3 rings (SSSR count). The van der Waals surface area contributed by atoms with Crippen LogP contribution in [-0.4, -0.2) is 66.3 Å². The number of carbonyl (C=O) groups is 1. The van der Waals surface area contributed by atoms with E-state index in [-0.39, 0.29) is 11.6 Å². The largest absolute Gasteiger partial charge is 0.371 e. The van der Waals surface area contributed by atoms with Gasteiger partial charge in [-0.05, 0) is 39.2 Å². The molecular weight excluding hydrogens is 278 g/mol. The van der Waals surface area contributed by atoms with Crippen molar-refractivity contribution in [3.05, 3.63) is 0 Å². The molecular formula is C17H31N3O2. The third-order valence-electron chi connectivity index (χ3n) is 5.80. The van der Waals surface area contributed by atoms with Gasteiger partial charge >= 0.3 is 6.03 Å². The second kappa shape index (κ2) is 6.75. The van der Waals surface area contributed by atoms with Crippen LogP contribution in [0.5, 0.6) is 0 Å². The Hall–Kier alpha value is -0.810. The number of nitrogens with zero attached hydrogens (tertiary/aromatic N) is 2. The van der Waals surface area contributed by atoms with Gasteiger partial charge in [-0.1, -0.05) is 19.8 Å². The second-order valence-corrected chi connectivity index (χ2v) is 7.31. The molecule has 3 aliphatic rings. The maximum absolute atomic E-state index is 12.6.